The third kappa shape index (κ3) is 2.89. The lowest BCUT2D eigenvalue weighted by molar-refractivity contribution is -0.122. The highest BCUT2D eigenvalue weighted by Gasteiger charge is 2.29. The molecule has 0 spiro atoms. The van der Waals surface area contributed by atoms with E-state index in [-0.39, 0.29) is 18.0 Å². The molecule has 19 heavy (non-hydrogen) atoms. The molecular formula is C15H17FN2O. The first-order valence-corrected chi connectivity index (χ1v) is 6.17. The van der Waals surface area contributed by atoms with Crippen LogP contribution in [-0.2, 0) is 23.7 Å². The van der Waals surface area contributed by atoms with Crippen molar-refractivity contribution >= 4 is 5.78 Å². The molecule has 0 aliphatic heterocycles. The number of benzene rings is 1. The van der Waals surface area contributed by atoms with E-state index in [1.807, 2.05) is 33.2 Å². The summed E-state index contributed by atoms with van der Waals surface area (Å²) in [7, 11) is 1.82. The first kappa shape index (κ1) is 13.5. The van der Waals surface area contributed by atoms with Gasteiger partial charge in [0.15, 0.2) is 0 Å². The predicted octanol–water partition coefficient (Wildman–Crippen LogP) is 2.65. The molecule has 0 saturated heterocycles. The van der Waals surface area contributed by atoms with Crippen LogP contribution in [0.1, 0.15) is 25.1 Å². The largest absolute Gasteiger partial charge is 0.298 e. The monoisotopic (exact) mass is 260 g/mol. The number of rotatable bonds is 4. The first-order chi connectivity index (χ1) is 8.89. The molecule has 0 aliphatic rings. The Hall–Kier alpha value is -1.97. The van der Waals surface area contributed by atoms with E-state index in [1.165, 1.54) is 12.1 Å². The summed E-state index contributed by atoms with van der Waals surface area (Å²) in [5.74, 6) is -0.227. The third-order valence-electron chi connectivity index (χ3n) is 3.37. The minimum atomic E-state index is -0.648. The van der Waals surface area contributed by atoms with Crippen molar-refractivity contribution in [2.24, 2.45) is 7.05 Å². The summed E-state index contributed by atoms with van der Waals surface area (Å²) < 4.78 is 14.6. The predicted molar refractivity (Wildman–Crippen MR) is 71.3 cm³/mol. The van der Waals surface area contributed by atoms with Crippen LogP contribution in [0.15, 0.2) is 36.5 Å². The molecule has 3 nitrogen and oxygen atoms in total. The van der Waals surface area contributed by atoms with Gasteiger partial charge in [-0.15, -0.1) is 0 Å². The molecule has 2 rings (SSSR count). The maximum absolute atomic E-state index is 12.9. The number of ketones is 1. The SMILES string of the molecule is Cn1ccc(CC(=O)C(C)(C)c2ccc(F)cc2)n1. The lowest BCUT2D eigenvalue weighted by Gasteiger charge is -2.23. The van der Waals surface area contributed by atoms with Crippen LogP contribution in [0.25, 0.3) is 0 Å². The van der Waals surface area contributed by atoms with Crippen LogP contribution in [-0.4, -0.2) is 15.6 Å². The van der Waals surface area contributed by atoms with Crippen LogP contribution in [0.4, 0.5) is 4.39 Å². The molecule has 0 N–H and O–H groups in total. The van der Waals surface area contributed by atoms with Crippen molar-refractivity contribution in [1.29, 1.82) is 0 Å². The van der Waals surface area contributed by atoms with Gasteiger partial charge in [0.25, 0.3) is 0 Å². The fraction of sp³-hybridized carbons (Fsp3) is 0.333. The number of halogens is 1. The van der Waals surface area contributed by atoms with E-state index in [2.05, 4.69) is 5.10 Å². The fourth-order valence-electron chi connectivity index (χ4n) is 1.97. The van der Waals surface area contributed by atoms with E-state index in [1.54, 1.807) is 16.8 Å². The van der Waals surface area contributed by atoms with Crippen molar-refractivity contribution in [2.45, 2.75) is 25.7 Å². The summed E-state index contributed by atoms with van der Waals surface area (Å²) in [5.41, 5.74) is 0.920. The van der Waals surface area contributed by atoms with E-state index in [4.69, 9.17) is 0 Å². The van der Waals surface area contributed by atoms with Gasteiger partial charge in [-0.2, -0.15) is 5.10 Å². The van der Waals surface area contributed by atoms with Gasteiger partial charge in [-0.1, -0.05) is 12.1 Å². The number of carbonyl (C=O) groups excluding carboxylic acids is 1. The van der Waals surface area contributed by atoms with E-state index < -0.39 is 5.41 Å². The van der Waals surface area contributed by atoms with E-state index in [0.717, 1.165) is 11.3 Å². The summed E-state index contributed by atoms with van der Waals surface area (Å²) in [6.07, 6.45) is 2.10. The molecule has 4 heteroatoms. The molecule has 1 aromatic heterocycles. The molecule has 0 fully saturated rings. The second-order valence-corrected chi connectivity index (χ2v) is 5.21. The molecule has 2 aromatic rings. The Morgan fingerprint density at radius 3 is 2.42 bits per heavy atom. The number of aryl methyl sites for hydroxylation is 1. The fourth-order valence-corrected chi connectivity index (χ4v) is 1.97. The van der Waals surface area contributed by atoms with Gasteiger partial charge < -0.3 is 0 Å². The van der Waals surface area contributed by atoms with E-state index >= 15 is 0 Å². The Morgan fingerprint density at radius 1 is 1.26 bits per heavy atom. The normalized spacial score (nSPS) is 11.6. The molecule has 0 aliphatic carbocycles. The molecule has 0 saturated carbocycles. The zero-order valence-electron chi connectivity index (χ0n) is 11.4. The van der Waals surface area contributed by atoms with Crippen LogP contribution in [0.3, 0.4) is 0 Å². The maximum atomic E-state index is 12.9. The summed E-state index contributed by atoms with van der Waals surface area (Å²) in [4.78, 5) is 12.4. The minimum Gasteiger partial charge on any atom is -0.298 e. The Kier molecular flexibility index (Phi) is 3.51. The van der Waals surface area contributed by atoms with Crippen molar-refractivity contribution in [3.8, 4) is 0 Å². The standard InChI is InChI=1S/C15H17FN2O/c1-15(2,11-4-6-12(16)7-5-11)14(19)10-13-8-9-18(3)17-13/h4-9H,10H2,1-3H3. The molecule has 100 valence electrons. The van der Waals surface area contributed by atoms with Gasteiger partial charge in [0, 0.05) is 18.7 Å². The summed E-state index contributed by atoms with van der Waals surface area (Å²) in [6.45, 7) is 3.71. The van der Waals surface area contributed by atoms with Gasteiger partial charge in [-0.25, -0.2) is 4.39 Å². The third-order valence-corrected chi connectivity index (χ3v) is 3.37. The molecule has 1 aromatic carbocycles. The molecule has 0 atom stereocenters. The zero-order chi connectivity index (χ0) is 14.0. The highest BCUT2D eigenvalue weighted by Crippen LogP contribution is 2.25. The summed E-state index contributed by atoms with van der Waals surface area (Å²) in [5, 5.41) is 4.21. The Balaban J connectivity index is 2.19. The highest BCUT2D eigenvalue weighted by molar-refractivity contribution is 5.90. The van der Waals surface area contributed by atoms with Crippen molar-refractivity contribution < 1.29 is 9.18 Å². The van der Waals surface area contributed by atoms with Gasteiger partial charge in [-0.05, 0) is 37.6 Å². The lowest BCUT2D eigenvalue weighted by atomic mass is 9.79. The smallest absolute Gasteiger partial charge is 0.148 e. The van der Waals surface area contributed by atoms with Crippen LogP contribution in [0.5, 0.6) is 0 Å². The minimum absolute atomic E-state index is 0.0674. The highest BCUT2D eigenvalue weighted by atomic mass is 19.1. The van der Waals surface area contributed by atoms with Gasteiger partial charge in [-0.3, -0.25) is 9.48 Å². The molecule has 1 heterocycles. The quantitative estimate of drug-likeness (QED) is 0.847. The molecule has 0 amide bonds. The maximum Gasteiger partial charge on any atom is 0.148 e. The van der Waals surface area contributed by atoms with Crippen LogP contribution in [0, 0.1) is 5.82 Å². The Labute approximate surface area is 112 Å². The van der Waals surface area contributed by atoms with Gasteiger partial charge in [0.1, 0.15) is 11.6 Å². The van der Waals surface area contributed by atoms with Gasteiger partial charge in [0.05, 0.1) is 12.1 Å². The van der Waals surface area contributed by atoms with E-state index in [0.29, 0.717) is 0 Å². The van der Waals surface area contributed by atoms with Crippen LogP contribution < -0.4 is 0 Å². The number of hydrogen-bond acceptors (Lipinski definition) is 2. The number of Topliss-reactive ketones (excluding diaryl/α,β-unsaturated/α-hetero) is 1. The van der Waals surface area contributed by atoms with Crippen molar-refractivity contribution in [3.63, 3.8) is 0 Å². The first-order valence-electron chi connectivity index (χ1n) is 6.17. The van der Waals surface area contributed by atoms with Gasteiger partial charge >= 0.3 is 0 Å². The molecule has 0 bridgehead atoms. The average molecular weight is 260 g/mol. The Bertz CT molecular complexity index is 584. The van der Waals surface area contributed by atoms with Gasteiger partial charge in [0.2, 0.25) is 0 Å². The van der Waals surface area contributed by atoms with Crippen molar-refractivity contribution in [2.75, 3.05) is 0 Å². The summed E-state index contributed by atoms with van der Waals surface area (Å²) >= 11 is 0. The summed E-state index contributed by atoms with van der Waals surface area (Å²) in [6, 6.07) is 7.91. The zero-order valence-corrected chi connectivity index (χ0v) is 11.4. The lowest BCUT2D eigenvalue weighted by Crippen LogP contribution is -2.30. The average Bonchev–Trinajstić information content (AvgIpc) is 2.75. The topological polar surface area (TPSA) is 34.9 Å². The second kappa shape index (κ2) is 4.96. The molecule has 0 radical (unpaired) electrons. The number of carbonyl (C=O) groups is 1. The number of hydrogen-bond donors (Lipinski definition) is 0. The number of aromatic nitrogens is 2. The second-order valence-electron chi connectivity index (χ2n) is 5.21. The molecule has 0 unspecified atom stereocenters. The van der Waals surface area contributed by atoms with Crippen LogP contribution >= 0.6 is 0 Å². The Morgan fingerprint density at radius 2 is 1.89 bits per heavy atom. The number of nitrogens with zero attached hydrogens (tertiary/aromatic N) is 2. The van der Waals surface area contributed by atoms with Crippen molar-refractivity contribution in [1.82, 2.24) is 9.78 Å². The molecular weight excluding hydrogens is 243 g/mol. The van der Waals surface area contributed by atoms with Crippen molar-refractivity contribution in [3.05, 3.63) is 53.6 Å². The van der Waals surface area contributed by atoms with Crippen LogP contribution in [0.2, 0.25) is 0 Å². The van der Waals surface area contributed by atoms with E-state index in [9.17, 15) is 9.18 Å².